The highest BCUT2D eigenvalue weighted by atomic mass is 16.6. The van der Waals surface area contributed by atoms with Gasteiger partial charge >= 0.3 is 0 Å². The highest BCUT2D eigenvalue weighted by Gasteiger charge is 2.24. The van der Waals surface area contributed by atoms with Crippen LogP contribution in [0, 0.1) is 10.1 Å². The summed E-state index contributed by atoms with van der Waals surface area (Å²) in [5, 5.41) is 15.7. The van der Waals surface area contributed by atoms with E-state index in [0.29, 0.717) is 43.3 Å². The lowest BCUT2D eigenvalue weighted by molar-refractivity contribution is -0.384. The third-order valence-corrected chi connectivity index (χ3v) is 4.98. The lowest BCUT2D eigenvalue weighted by atomic mass is 10.1. The van der Waals surface area contributed by atoms with Crippen LogP contribution in [0.25, 0.3) is 11.0 Å². The lowest BCUT2D eigenvalue weighted by Gasteiger charge is -2.26. The van der Waals surface area contributed by atoms with Crippen LogP contribution in [-0.2, 0) is 4.74 Å². The summed E-state index contributed by atoms with van der Waals surface area (Å²) in [7, 11) is 0. The van der Waals surface area contributed by atoms with Crippen molar-refractivity contribution in [1.29, 1.82) is 0 Å². The standard InChI is InChI=1S/C21H21N3O5/c1-14(20-13-15-4-2-3-5-19(15)29-20)22-17-7-6-16(12-18(17)24(26)27)21(25)23-8-10-28-11-9-23/h2-7,12-14,22H,8-11H2,1H3/t14-/m1/s1. The van der Waals surface area contributed by atoms with Gasteiger partial charge < -0.3 is 19.4 Å². The zero-order valence-electron chi connectivity index (χ0n) is 16.0. The van der Waals surface area contributed by atoms with E-state index in [1.165, 1.54) is 6.07 Å². The summed E-state index contributed by atoms with van der Waals surface area (Å²) >= 11 is 0. The molecule has 0 saturated carbocycles. The molecule has 1 atom stereocenters. The maximum atomic E-state index is 12.6. The maximum absolute atomic E-state index is 12.6. The zero-order chi connectivity index (χ0) is 20.4. The van der Waals surface area contributed by atoms with Crippen LogP contribution >= 0.6 is 0 Å². The minimum absolute atomic E-state index is 0.146. The Hall–Kier alpha value is -3.39. The summed E-state index contributed by atoms with van der Waals surface area (Å²) in [6, 6.07) is 13.8. The molecule has 1 fully saturated rings. The van der Waals surface area contributed by atoms with Gasteiger partial charge in [-0.05, 0) is 31.2 Å². The highest BCUT2D eigenvalue weighted by molar-refractivity contribution is 5.95. The summed E-state index contributed by atoms with van der Waals surface area (Å²) in [5.41, 5.74) is 1.24. The van der Waals surface area contributed by atoms with Crippen LogP contribution in [0.5, 0.6) is 0 Å². The van der Waals surface area contributed by atoms with E-state index < -0.39 is 4.92 Å². The summed E-state index contributed by atoms with van der Waals surface area (Å²) in [4.78, 5) is 25.4. The predicted octanol–water partition coefficient (Wildman–Crippen LogP) is 3.99. The van der Waals surface area contributed by atoms with Crippen molar-refractivity contribution in [3.63, 3.8) is 0 Å². The first kappa shape index (κ1) is 18.9. The Bertz CT molecular complexity index is 1020. The van der Waals surface area contributed by atoms with Crippen LogP contribution in [0.3, 0.4) is 0 Å². The van der Waals surface area contributed by atoms with Gasteiger partial charge in [0.15, 0.2) is 0 Å². The molecule has 8 nitrogen and oxygen atoms in total. The minimum atomic E-state index is -0.482. The molecule has 150 valence electrons. The normalized spacial score (nSPS) is 15.3. The van der Waals surface area contributed by atoms with E-state index in [4.69, 9.17) is 9.15 Å². The van der Waals surface area contributed by atoms with Crippen LogP contribution < -0.4 is 5.32 Å². The van der Waals surface area contributed by atoms with E-state index in [0.717, 1.165) is 11.0 Å². The van der Waals surface area contributed by atoms with E-state index >= 15 is 0 Å². The molecule has 1 saturated heterocycles. The van der Waals surface area contributed by atoms with Gasteiger partial charge in [-0.25, -0.2) is 0 Å². The van der Waals surface area contributed by atoms with Crippen molar-refractivity contribution >= 4 is 28.3 Å². The maximum Gasteiger partial charge on any atom is 0.293 e. The number of fused-ring (bicyclic) bond motifs is 1. The highest BCUT2D eigenvalue weighted by Crippen LogP contribution is 2.31. The van der Waals surface area contributed by atoms with Gasteiger partial charge in [0.05, 0.1) is 24.2 Å². The molecule has 2 heterocycles. The Morgan fingerprint density at radius 1 is 1.17 bits per heavy atom. The second-order valence-corrected chi connectivity index (χ2v) is 6.95. The van der Waals surface area contributed by atoms with Crippen LogP contribution in [-0.4, -0.2) is 42.0 Å². The van der Waals surface area contributed by atoms with Crippen molar-refractivity contribution in [2.24, 2.45) is 0 Å². The number of benzene rings is 2. The number of amides is 1. The van der Waals surface area contributed by atoms with Crippen molar-refractivity contribution in [3.8, 4) is 0 Å². The molecule has 29 heavy (non-hydrogen) atoms. The molecule has 0 spiro atoms. The molecule has 1 amide bonds. The number of carbonyl (C=O) groups excluding carboxylic acids is 1. The summed E-state index contributed by atoms with van der Waals surface area (Å²) < 4.78 is 11.1. The van der Waals surface area contributed by atoms with Crippen molar-refractivity contribution in [2.45, 2.75) is 13.0 Å². The average molecular weight is 395 g/mol. The Labute approximate surface area is 167 Å². The second-order valence-electron chi connectivity index (χ2n) is 6.95. The molecule has 4 rings (SSSR count). The van der Waals surface area contributed by atoms with Crippen molar-refractivity contribution in [1.82, 2.24) is 4.90 Å². The quantitative estimate of drug-likeness (QED) is 0.518. The number of hydrogen-bond donors (Lipinski definition) is 1. The van der Waals surface area contributed by atoms with Gasteiger partial charge in [-0.15, -0.1) is 0 Å². The molecule has 1 aromatic heterocycles. The molecule has 3 aromatic rings. The monoisotopic (exact) mass is 395 g/mol. The van der Waals surface area contributed by atoms with Crippen molar-refractivity contribution in [2.75, 3.05) is 31.6 Å². The first-order valence-corrected chi connectivity index (χ1v) is 9.43. The van der Waals surface area contributed by atoms with Gasteiger partial charge in [-0.1, -0.05) is 18.2 Å². The summed E-state index contributed by atoms with van der Waals surface area (Å²) in [6.07, 6.45) is 0. The predicted molar refractivity (Wildman–Crippen MR) is 108 cm³/mol. The smallest absolute Gasteiger partial charge is 0.293 e. The zero-order valence-corrected chi connectivity index (χ0v) is 16.0. The molecule has 1 N–H and O–H groups in total. The Kier molecular flexibility index (Phi) is 5.18. The molecule has 0 aliphatic carbocycles. The molecule has 0 bridgehead atoms. The van der Waals surface area contributed by atoms with E-state index in [-0.39, 0.29) is 17.6 Å². The number of rotatable bonds is 5. The summed E-state index contributed by atoms with van der Waals surface area (Å²) in [5.74, 6) is 0.447. The number of nitrogens with one attached hydrogen (secondary N) is 1. The SMILES string of the molecule is C[C@@H](Nc1ccc(C(=O)N2CCOCC2)cc1[N+](=O)[O-])c1cc2ccccc2o1. The third kappa shape index (κ3) is 3.93. The summed E-state index contributed by atoms with van der Waals surface area (Å²) in [6.45, 7) is 3.78. The van der Waals surface area contributed by atoms with E-state index in [1.54, 1.807) is 17.0 Å². The Balaban J connectivity index is 1.57. The van der Waals surface area contributed by atoms with E-state index in [1.807, 2.05) is 37.3 Å². The number of carbonyl (C=O) groups is 1. The Morgan fingerprint density at radius 3 is 2.66 bits per heavy atom. The lowest BCUT2D eigenvalue weighted by Crippen LogP contribution is -2.40. The number of ether oxygens (including phenoxy) is 1. The van der Waals surface area contributed by atoms with E-state index in [9.17, 15) is 14.9 Å². The van der Waals surface area contributed by atoms with Crippen LogP contribution in [0.15, 0.2) is 52.9 Å². The number of nitrogens with zero attached hydrogens (tertiary/aromatic N) is 2. The fraction of sp³-hybridized carbons (Fsp3) is 0.286. The van der Waals surface area contributed by atoms with Crippen LogP contribution in [0.1, 0.15) is 29.1 Å². The second kappa shape index (κ2) is 7.92. The molecule has 1 aliphatic heterocycles. The van der Waals surface area contributed by atoms with Crippen LogP contribution in [0.4, 0.5) is 11.4 Å². The first-order valence-electron chi connectivity index (χ1n) is 9.43. The van der Waals surface area contributed by atoms with Crippen LogP contribution in [0.2, 0.25) is 0 Å². The van der Waals surface area contributed by atoms with Gasteiger partial charge in [0.25, 0.3) is 11.6 Å². The van der Waals surface area contributed by atoms with Gasteiger partial charge in [0, 0.05) is 30.1 Å². The third-order valence-electron chi connectivity index (χ3n) is 4.98. The molecule has 2 aromatic carbocycles. The number of morpholine rings is 1. The average Bonchev–Trinajstić information content (AvgIpc) is 3.18. The van der Waals surface area contributed by atoms with Crippen molar-refractivity contribution in [3.05, 3.63) is 70.0 Å². The largest absolute Gasteiger partial charge is 0.459 e. The molecule has 0 radical (unpaired) electrons. The fourth-order valence-corrected chi connectivity index (χ4v) is 3.41. The number of nitro benzene ring substituents is 1. The number of hydrogen-bond acceptors (Lipinski definition) is 6. The molecule has 8 heteroatoms. The number of para-hydroxylation sites is 1. The molecule has 1 aliphatic rings. The van der Waals surface area contributed by atoms with Crippen molar-refractivity contribution < 1.29 is 18.9 Å². The first-order chi connectivity index (χ1) is 14.0. The van der Waals surface area contributed by atoms with Gasteiger partial charge in [0.2, 0.25) is 0 Å². The number of furan rings is 1. The molecule has 0 unspecified atom stereocenters. The fourth-order valence-electron chi connectivity index (χ4n) is 3.41. The topological polar surface area (TPSA) is 97.9 Å². The van der Waals surface area contributed by atoms with E-state index in [2.05, 4.69) is 5.32 Å². The molecular weight excluding hydrogens is 374 g/mol. The number of nitro groups is 1. The van der Waals surface area contributed by atoms with Gasteiger partial charge in [-0.2, -0.15) is 0 Å². The van der Waals surface area contributed by atoms with Gasteiger partial charge in [0.1, 0.15) is 17.0 Å². The Morgan fingerprint density at radius 2 is 1.93 bits per heavy atom. The minimum Gasteiger partial charge on any atom is -0.459 e. The van der Waals surface area contributed by atoms with Gasteiger partial charge in [-0.3, -0.25) is 14.9 Å². The molecular formula is C21H21N3O5. The number of anilines is 1.